The summed E-state index contributed by atoms with van der Waals surface area (Å²) in [4.78, 5) is 11.5. The molecule has 1 heterocycles. The number of hydrogen-bond acceptors (Lipinski definition) is 3. The molecule has 1 fully saturated rings. The Morgan fingerprint density at radius 1 is 1.35 bits per heavy atom. The van der Waals surface area contributed by atoms with Gasteiger partial charge >= 0.3 is 0 Å². The molecule has 1 atom stereocenters. The molecule has 0 spiro atoms. The van der Waals surface area contributed by atoms with E-state index in [4.69, 9.17) is 4.74 Å². The highest BCUT2D eigenvalue weighted by Gasteiger charge is 2.30. The van der Waals surface area contributed by atoms with Gasteiger partial charge in [0.25, 0.3) is 0 Å². The van der Waals surface area contributed by atoms with E-state index < -0.39 is 0 Å². The van der Waals surface area contributed by atoms with Gasteiger partial charge in [-0.3, -0.25) is 15.2 Å². The number of nitrogens with zero attached hydrogens (tertiary/aromatic N) is 1. The van der Waals surface area contributed by atoms with Gasteiger partial charge in [0.15, 0.2) is 0 Å². The van der Waals surface area contributed by atoms with E-state index in [-0.39, 0.29) is 26.7 Å². The summed E-state index contributed by atoms with van der Waals surface area (Å²) >= 11 is 0. The van der Waals surface area contributed by atoms with E-state index >= 15 is 0 Å². The normalized spacial score (nSPS) is 18.1. The second-order valence-corrected chi connectivity index (χ2v) is 3.57. The monoisotopic (exact) mass is 238 g/mol. The summed E-state index contributed by atoms with van der Waals surface area (Å²) in [5, 5.41) is 1.85. The number of carbonyl (C=O) groups is 1. The fourth-order valence-corrected chi connectivity index (χ4v) is 1.68. The molecule has 2 rings (SSSR count). The first-order valence-electron chi connectivity index (χ1n) is 4.93. The number of nitrogens with one attached hydrogen (secondary N) is 1. The molecule has 1 aromatic rings. The van der Waals surface area contributed by atoms with E-state index in [0.717, 1.165) is 5.69 Å². The Kier molecular flexibility index (Phi) is 6.28. The Morgan fingerprint density at radius 2 is 2.00 bits per heavy atom. The van der Waals surface area contributed by atoms with E-state index in [0.29, 0.717) is 13.2 Å². The van der Waals surface area contributed by atoms with Crippen LogP contribution in [0, 0.1) is 5.92 Å². The Hall–Kier alpha value is -1.55. The number of carbonyl (C=O) groups excluding carboxylic acids is 1. The molecule has 1 unspecified atom stereocenters. The van der Waals surface area contributed by atoms with Crippen molar-refractivity contribution in [2.24, 2.45) is 5.92 Å². The number of hydrogen-bond donors (Lipinski definition) is 1. The second-order valence-electron chi connectivity index (χ2n) is 3.57. The minimum absolute atomic E-state index is 0. The lowest BCUT2D eigenvalue weighted by atomic mass is 10.1. The van der Waals surface area contributed by atoms with Crippen LogP contribution >= 0.6 is 0 Å². The lowest BCUT2D eigenvalue weighted by Crippen LogP contribution is -2.32. The minimum atomic E-state index is -0.0739. The standard InChI is InChI=1S/C11H14N2O2.2CH4/c1-15-8-9-7-13(12-11(9)14)10-5-3-2-4-6-10;;/h2-6,9H,7-8H2,1H3,(H,12,14);2*1H4. The van der Waals surface area contributed by atoms with E-state index in [2.05, 4.69) is 5.43 Å². The number of ether oxygens (including phenoxy) is 1. The SMILES string of the molecule is C.C.COCC1CN(c2ccccc2)NC1=O. The lowest BCUT2D eigenvalue weighted by molar-refractivity contribution is -0.123. The van der Waals surface area contributed by atoms with Crippen molar-refractivity contribution in [1.29, 1.82) is 0 Å². The van der Waals surface area contributed by atoms with Crippen molar-refractivity contribution in [2.45, 2.75) is 14.9 Å². The molecule has 1 aliphatic rings. The molecule has 4 nitrogen and oxygen atoms in total. The van der Waals surface area contributed by atoms with E-state index in [1.54, 1.807) is 7.11 Å². The number of hydrazine groups is 1. The highest BCUT2D eigenvalue weighted by molar-refractivity contribution is 5.84. The number of amides is 1. The molecular formula is C13H22N2O2. The summed E-state index contributed by atoms with van der Waals surface area (Å²) in [5.41, 5.74) is 3.82. The fraction of sp³-hybridized carbons (Fsp3) is 0.462. The fourth-order valence-electron chi connectivity index (χ4n) is 1.68. The summed E-state index contributed by atoms with van der Waals surface area (Å²) in [6.45, 7) is 1.13. The zero-order valence-corrected chi connectivity index (χ0v) is 8.64. The molecule has 1 aliphatic heterocycles. The van der Waals surface area contributed by atoms with Gasteiger partial charge in [0, 0.05) is 7.11 Å². The summed E-state index contributed by atoms with van der Waals surface area (Å²) in [6.07, 6.45) is 0. The van der Waals surface area contributed by atoms with Crippen LogP contribution in [-0.2, 0) is 9.53 Å². The van der Waals surface area contributed by atoms with Crippen LogP contribution in [-0.4, -0.2) is 26.2 Å². The predicted octanol–water partition coefficient (Wildman–Crippen LogP) is 2.07. The average molecular weight is 238 g/mol. The van der Waals surface area contributed by atoms with Crippen LogP contribution in [0.3, 0.4) is 0 Å². The van der Waals surface area contributed by atoms with Gasteiger partial charge in [-0.25, -0.2) is 0 Å². The van der Waals surface area contributed by atoms with Crippen LogP contribution in [0.4, 0.5) is 5.69 Å². The van der Waals surface area contributed by atoms with Crippen molar-refractivity contribution in [1.82, 2.24) is 5.43 Å². The summed E-state index contributed by atoms with van der Waals surface area (Å²) in [6, 6.07) is 9.79. The third-order valence-corrected chi connectivity index (χ3v) is 2.45. The van der Waals surface area contributed by atoms with Crippen molar-refractivity contribution in [3.8, 4) is 0 Å². The van der Waals surface area contributed by atoms with Gasteiger partial charge in [0.05, 0.1) is 24.8 Å². The van der Waals surface area contributed by atoms with Gasteiger partial charge in [0.2, 0.25) is 5.91 Å². The largest absolute Gasteiger partial charge is 0.384 e. The average Bonchev–Trinajstić information content (AvgIpc) is 2.63. The summed E-state index contributed by atoms with van der Waals surface area (Å²) < 4.78 is 4.99. The van der Waals surface area contributed by atoms with Gasteiger partial charge in [-0.15, -0.1) is 0 Å². The zero-order chi connectivity index (χ0) is 10.7. The first kappa shape index (κ1) is 15.4. The molecule has 96 valence electrons. The van der Waals surface area contributed by atoms with E-state index in [1.165, 1.54) is 0 Å². The molecule has 0 aromatic heterocycles. The molecule has 4 heteroatoms. The van der Waals surface area contributed by atoms with E-state index in [9.17, 15) is 4.79 Å². The molecule has 0 aliphatic carbocycles. The van der Waals surface area contributed by atoms with Crippen LogP contribution < -0.4 is 10.4 Å². The van der Waals surface area contributed by atoms with Crippen molar-refractivity contribution in [3.63, 3.8) is 0 Å². The first-order chi connectivity index (χ1) is 7.31. The molecule has 17 heavy (non-hydrogen) atoms. The van der Waals surface area contributed by atoms with Crippen LogP contribution in [0.2, 0.25) is 0 Å². The van der Waals surface area contributed by atoms with Crippen LogP contribution in [0.5, 0.6) is 0 Å². The number of methoxy groups -OCH3 is 1. The Labute approximate surface area is 104 Å². The van der Waals surface area contributed by atoms with Gasteiger partial charge in [-0.05, 0) is 12.1 Å². The van der Waals surface area contributed by atoms with Gasteiger partial charge in [-0.2, -0.15) is 0 Å². The molecular weight excluding hydrogens is 216 g/mol. The van der Waals surface area contributed by atoms with Crippen molar-refractivity contribution < 1.29 is 9.53 Å². The van der Waals surface area contributed by atoms with Gasteiger partial charge in [0.1, 0.15) is 0 Å². The molecule has 0 radical (unpaired) electrons. The van der Waals surface area contributed by atoms with Crippen molar-refractivity contribution >= 4 is 11.6 Å². The highest BCUT2D eigenvalue weighted by Crippen LogP contribution is 2.17. The molecule has 0 saturated carbocycles. The molecule has 1 amide bonds. The van der Waals surface area contributed by atoms with Gasteiger partial charge < -0.3 is 4.74 Å². The van der Waals surface area contributed by atoms with Crippen LogP contribution in [0.15, 0.2) is 30.3 Å². The molecule has 1 aromatic carbocycles. The molecule has 1 N–H and O–H groups in total. The first-order valence-corrected chi connectivity index (χ1v) is 4.93. The van der Waals surface area contributed by atoms with Crippen LogP contribution in [0.25, 0.3) is 0 Å². The van der Waals surface area contributed by atoms with Gasteiger partial charge in [-0.1, -0.05) is 33.1 Å². The van der Waals surface area contributed by atoms with Crippen LogP contribution in [0.1, 0.15) is 14.9 Å². The smallest absolute Gasteiger partial charge is 0.245 e. The molecule has 1 saturated heterocycles. The number of para-hydroxylation sites is 1. The quantitative estimate of drug-likeness (QED) is 0.876. The third kappa shape index (κ3) is 3.46. The number of anilines is 1. The van der Waals surface area contributed by atoms with Crippen molar-refractivity contribution in [2.75, 3.05) is 25.3 Å². The maximum atomic E-state index is 11.5. The summed E-state index contributed by atoms with van der Waals surface area (Å²) in [7, 11) is 1.61. The molecule has 0 bridgehead atoms. The Bertz CT molecular complexity index is 341. The second kappa shape index (κ2) is 6.91. The zero-order valence-electron chi connectivity index (χ0n) is 8.64. The Morgan fingerprint density at radius 3 is 2.59 bits per heavy atom. The minimum Gasteiger partial charge on any atom is -0.384 e. The maximum Gasteiger partial charge on any atom is 0.245 e. The van der Waals surface area contributed by atoms with Crippen molar-refractivity contribution in [3.05, 3.63) is 30.3 Å². The maximum absolute atomic E-state index is 11.5. The third-order valence-electron chi connectivity index (χ3n) is 2.45. The topological polar surface area (TPSA) is 41.6 Å². The number of benzene rings is 1. The predicted molar refractivity (Wildman–Crippen MR) is 70.8 cm³/mol. The highest BCUT2D eigenvalue weighted by atomic mass is 16.5. The number of rotatable bonds is 3. The lowest BCUT2D eigenvalue weighted by Gasteiger charge is -2.16. The van der Waals surface area contributed by atoms with E-state index in [1.807, 2.05) is 35.3 Å². The Balaban J connectivity index is 0.00000128. The summed E-state index contributed by atoms with van der Waals surface area (Å²) in [5.74, 6) is -0.0455.